The molecule has 0 saturated heterocycles. The molecule has 3 rings (SSSR count). The van der Waals surface area contributed by atoms with E-state index >= 15 is 0 Å². The molecule has 1 amide bonds. The van der Waals surface area contributed by atoms with Gasteiger partial charge in [-0.1, -0.05) is 23.2 Å². The first-order chi connectivity index (χ1) is 14.9. The van der Waals surface area contributed by atoms with Crippen molar-refractivity contribution in [3.05, 3.63) is 74.6 Å². The number of aryl methyl sites for hydroxylation is 3. The molecule has 1 heterocycles. The van der Waals surface area contributed by atoms with E-state index in [9.17, 15) is 17.6 Å². The maximum Gasteiger partial charge on any atom is 0.267 e. The number of hydrogen-bond acceptors (Lipinski definition) is 5. The van der Waals surface area contributed by atoms with E-state index in [0.717, 1.165) is 23.4 Å². The van der Waals surface area contributed by atoms with E-state index in [2.05, 4.69) is 4.98 Å². The quantitative estimate of drug-likeness (QED) is 0.496. The van der Waals surface area contributed by atoms with Crippen molar-refractivity contribution in [3.63, 3.8) is 0 Å². The van der Waals surface area contributed by atoms with Crippen LogP contribution in [0, 0.1) is 26.6 Å². The van der Waals surface area contributed by atoms with Crippen LogP contribution in [0.1, 0.15) is 27.0 Å². The Bertz CT molecular complexity index is 1320. The molecule has 0 fully saturated rings. The molecule has 0 unspecified atom stereocenters. The van der Waals surface area contributed by atoms with Gasteiger partial charge in [0.15, 0.2) is 0 Å². The first-order valence-corrected chi connectivity index (χ1v) is 11.9. The minimum atomic E-state index is -3.82. The molecule has 168 valence electrons. The molecule has 1 aromatic heterocycles. The smallest absolute Gasteiger partial charge is 0.267 e. The summed E-state index contributed by atoms with van der Waals surface area (Å²) in [6.07, 6.45) is 2.29. The Hall–Kier alpha value is -2.68. The fourth-order valence-corrected chi connectivity index (χ4v) is 4.17. The molecule has 0 aliphatic heterocycles. The molecule has 32 heavy (non-hydrogen) atoms. The summed E-state index contributed by atoms with van der Waals surface area (Å²) < 4.78 is 44.7. The van der Waals surface area contributed by atoms with E-state index in [1.807, 2.05) is 13.8 Å². The average molecular weight is 497 g/mol. The number of nitrogens with zero attached hydrogens (tertiary/aromatic N) is 1. The molecule has 0 aliphatic rings. The Morgan fingerprint density at radius 3 is 2.22 bits per heavy atom. The molecular formula is C22H19Cl2FN2O4S. The molecule has 0 spiro atoms. The molecule has 2 aromatic carbocycles. The van der Waals surface area contributed by atoms with E-state index in [4.69, 9.17) is 27.9 Å². The van der Waals surface area contributed by atoms with Gasteiger partial charge in [-0.25, -0.2) is 22.5 Å². The molecule has 3 aromatic rings. The number of ether oxygens (including phenoxy) is 1. The minimum Gasteiger partial charge on any atom is -0.437 e. The summed E-state index contributed by atoms with van der Waals surface area (Å²) in [5, 5.41) is 0.794. The molecule has 6 nitrogen and oxygen atoms in total. The summed E-state index contributed by atoms with van der Waals surface area (Å²) in [6, 6.07) is 7.50. The van der Waals surface area contributed by atoms with Crippen LogP contribution in [-0.4, -0.2) is 25.6 Å². The number of pyridine rings is 1. The van der Waals surface area contributed by atoms with Crippen LogP contribution < -0.4 is 9.46 Å². The van der Waals surface area contributed by atoms with E-state index in [0.29, 0.717) is 27.5 Å². The molecule has 0 aliphatic carbocycles. The van der Waals surface area contributed by atoms with Gasteiger partial charge >= 0.3 is 0 Å². The lowest BCUT2D eigenvalue weighted by atomic mass is 9.99. The predicted molar refractivity (Wildman–Crippen MR) is 123 cm³/mol. The fourth-order valence-electron chi connectivity index (χ4n) is 3.19. The first kappa shape index (κ1) is 24.0. The van der Waals surface area contributed by atoms with Crippen molar-refractivity contribution >= 4 is 39.1 Å². The summed E-state index contributed by atoms with van der Waals surface area (Å²) in [4.78, 5) is 16.3. The van der Waals surface area contributed by atoms with E-state index in [1.165, 1.54) is 12.3 Å². The Balaban J connectivity index is 1.94. The van der Waals surface area contributed by atoms with Crippen LogP contribution in [0.15, 0.2) is 36.5 Å². The summed E-state index contributed by atoms with van der Waals surface area (Å²) in [7, 11) is -3.82. The van der Waals surface area contributed by atoms with Crippen molar-refractivity contribution < 1.29 is 22.3 Å². The van der Waals surface area contributed by atoms with Crippen molar-refractivity contribution in [1.29, 1.82) is 0 Å². The zero-order chi connectivity index (χ0) is 23.8. The Kier molecular flexibility index (Phi) is 6.78. The van der Waals surface area contributed by atoms with Crippen LogP contribution in [0.5, 0.6) is 11.6 Å². The largest absolute Gasteiger partial charge is 0.437 e. The molecule has 0 bridgehead atoms. The van der Waals surface area contributed by atoms with Crippen LogP contribution in [-0.2, 0) is 10.0 Å². The summed E-state index contributed by atoms with van der Waals surface area (Å²) in [6.45, 7) is 5.36. The standard InChI is InChI=1S/C22H19Cl2FN2O4S/c1-11-7-17(21(28)27-32(4,29)30)19(25)9-16(11)14-8-18(24)22(26-10-14)31-20-12(2)5-15(23)6-13(20)3/h5-10H,1-4H3,(H,27,28). The monoisotopic (exact) mass is 496 g/mol. The maximum absolute atomic E-state index is 14.6. The van der Waals surface area contributed by atoms with Gasteiger partial charge in [0.05, 0.1) is 11.8 Å². The van der Waals surface area contributed by atoms with Crippen molar-refractivity contribution in [2.75, 3.05) is 6.26 Å². The maximum atomic E-state index is 14.6. The highest BCUT2D eigenvalue weighted by Crippen LogP contribution is 2.36. The van der Waals surface area contributed by atoms with Crippen molar-refractivity contribution in [3.8, 4) is 22.8 Å². The highest BCUT2D eigenvalue weighted by molar-refractivity contribution is 7.89. The lowest BCUT2D eigenvalue weighted by Gasteiger charge is -2.14. The van der Waals surface area contributed by atoms with Crippen LogP contribution in [0.3, 0.4) is 0 Å². The van der Waals surface area contributed by atoms with Gasteiger partial charge in [0.2, 0.25) is 15.9 Å². The van der Waals surface area contributed by atoms with E-state index in [1.54, 1.807) is 29.8 Å². The van der Waals surface area contributed by atoms with Crippen molar-refractivity contribution in [2.45, 2.75) is 20.8 Å². The number of nitrogens with one attached hydrogen (secondary N) is 1. The predicted octanol–water partition coefficient (Wildman–Crippen LogP) is 5.60. The van der Waals surface area contributed by atoms with Crippen molar-refractivity contribution in [2.24, 2.45) is 0 Å². The van der Waals surface area contributed by atoms with Gasteiger partial charge in [-0.15, -0.1) is 0 Å². The van der Waals surface area contributed by atoms with E-state index in [-0.39, 0.29) is 16.5 Å². The van der Waals surface area contributed by atoms with Gasteiger partial charge in [0.1, 0.15) is 16.6 Å². The Morgan fingerprint density at radius 2 is 1.66 bits per heavy atom. The topological polar surface area (TPSA) is 85.4 Å². The molecule has 0 saturated carbocycles. The number of amides is 1. The minimum absolute atomic E-state index is 0.172. The molecule has 1 N–H and O–H groups in total. The van der Waals surface area contributed by atoms with Crippen LogP contribution >= 0.6 is 23.2 Å². The van der Waals surface area contributed by atoms with Gasteiger partial charge in [0, 0.05) is 16.8 Å². The third-order valence-corrected chi connectivity index (χ3v) is 5.62. The zero-order valence-electron chi connectivity index (χ0n) is 17.6. The van der Waals surface area contributed by atoms with Gasteiger partial charge < -0.3 is 4.74 Å². The summed E-state index contributed by atoms with van der Waals surface area (Å²) in [5.74, 6) is -1.17. The van der Waals surface area contributed by atoms with Crippen LogP contribution in [0.4, 0.5) is 4.39 Å². The van der Waals surface area contributed by atoms with Crippen LogP contribution in [0.25, 0.3) is 11.1 Å². The first-order valence-electron chi connectivity index (χ1n) is 9.28. The highest BCUT2D eigenvalue weighted by Gasteiger charge is 2.19. The van der Waals surface area contributed by atoms with Gasteiger partial charge in [-0.3, -0.25) is 4.79 Å². The fraction of sp³-hybridized carbons (Fsp3) is 0.182. The van der Waals surface area contributed by atoms with E-state index < -0.39 is 21.7 Å². The lowest BCUT2D eigenvalue weighted by molar-refractivity contribution is 0.0977. The molecule has 0 radical (unpaired) electrons. The van der Waals surface area contributed by atoms with Crippen LogP contribution in [0.2, 0.25) is 10.0 Å². The number of sulfonamides is 1. The lowest BCUT2D eigenvalue weighted by Crippen LogP contribution is -2.30. The number of halogens is 3. The second-order valence-corrected chi connectivity index (χ2v) is 9.92. The summed E-state index contributed by atoms with van der Waals surface area (Å²) >= 11 is 12.4. The highest BCUT2D eigenvalue weighted by atomic mass is 35.5. The number of rotatable bonds is 5. The number of aromatic nitrogens is 1. The normalized spacial score (nSPS) is 11.3. The van der Waals surface area contributed by atoms with Gasteiger partial charge in [-0.05, 0) is 73.4 Å². The summed E-state index contributed by atoms with van der Waals surface area (Å²) in [5.41, 5.74) is 2.72. The molecule has 0 atom stereocenters. The molecule has 10 heteroatoms. The average Bonchev–Trinajstić information content (AvgIpc) is 2.65. The second-order valence-electron chi connectivity index (χ2n) is 7.33. The van der Waals surface area contributed by atoms with Gasteiger partial charge in [-0.2, -0.15) is 0 Å². The number of carbonyl (C=O) groups excluding carboxylic acids is 1. The Morgan fingerprint density at radius 1 is 1.03 bits per heavy atom. The number of carbonyl (C=O) groups is 1. The van der Waals surface area contributed by atoms with Crippen molar-refractivity contribution in [1.82, 2.24) is 9.71 Å². The van der Waals surface area contributed by atoms with Gasteiger partial charge in [0.25, 0.3) is 5.91 Å². The molecular weight excluding hydrogens is 478 g/mol. The zero-order valence-corrected chi connectivity index (χ0v) is 19.9. The third kappa shape index (κ3) is 5.38. The SMILES string of the molecule is Cc1cc(C(=O)NS(C)(=O)=O)c(F)cc1-c1cnc(Oc2c(C)cc(Cl)cc2C)c(Cl)c1. The number of benzene rings is 2. The third-order valence-electron chi connectivity index (χ3n) is 4.58. The Labute approximate surface area is 195 Å². The second kappa shape index (κ2) is 9.05. The number of hydrogen-bond donors (Lipinski definition) is 1.